The van der Waals surface area contributed by atoms with Crippen LogP contribution in [-0.2, 0) is 6.54 Å². The maximum atomic E-state index is 12.1. The van der Waals surface area contributed by atoms with E-state index >= 15 is 0 Å². The second-order valence-electron chi connectivity index (χ2n) is 2.86. The van der Waals surface area contributed by atoms with Gasteiger partial charge in [0.25, 0.3) is 6.43 Å². The summed E-state index contributed by atoms with van der Waals surface area (Å²) in [6.07, 6.45) is -2.31. The van der Waals surface area contributed by atoms with E-state index in [0.717, 1.165) is 10.6 Å². The molecule has 0 fully saturated rings. The molecule has 0 saturated carbocycles. The van der Waals surface area contributed by atoms with Gasteiger partial charge in [0.1, 0.15) is 0 Å². The maximum Gasteiger partial charge on any atom is 0.253 e. The number of aromatic nitrogens is 1. The van der Waals surface area contributed by atoms with Crippen molar-refractivity contribution in [3.8, 4) is 0 Å². The first kappa shape index (κ1) is 10.5. The smallest absolute Gasteiger partial charge is 0.253 e. The second kappa shape index (κ2) is 4.62. The quantitative estimate of drug-likeness (QED) is 0.816. The molecule has 2 nitrogen and oxygen atoms in total. The Morgan fingerprint density at radius 3 is 2.77 bits per heavy atom. The van der Waals surface area contributed by atoms with E-state index in [4.69, 9.17) is 0 Å². The van der Waals surface area contributed by atoms with Gasteiger partial charge in [0, 0.05) is 11.4 Å². The van der Waals surface area contributed by atoms with Crippen LogP contribution < -0.4 is 5.32 Å². The van der Waals surface area contributed by atoms with Gasteiger partial charge in [-0.1, -0.05) is 0 Å². The molecule has 0 amide bonds. The largest absolute Gasteiger partial charge is 0.304 e. The minimum atomic E-state index is -2.31. The number of nitrogens with zero attached hydrogens (tertiary/aromatic N) is 1. The SMILES string of the molecule is Cc1ncsc1CNC(C)C(F)F. The minimum Gasteiger partial charge on any atom is -0.304 e. The zero-order chi connectivity index (χ0) is 9.84. The summed E-state index contributed by atoms with van der Waals surface area (Å²) in [6.45, 7) is 3.82. The highest BCUT2D eigenvalue weighted by Gasteiger charge is 2.13. The van der Waals surface area contributed by atoms with Crippen LogP contribution in [0.2, 0.25) is 0 Å². The Balaban J connectivity index is 2.39. The molecule has 1 unspecified atom stereocenters. The van der Waals surface area contributed by atoms with Crippen molar-refractivity contribution in [1.29, 1.82) is 0 Å². The zero-order valence-corrected chi connectivity index (χ0v) is 8.37. The molecular formula is C8H12F2N2S. The van der Waals surface area contributed by atoms with Gasteiger partial charge in [0.15, 0.2) is 0 Å². The van der Waals surface area contributed by atoms with Crippen LogP contribution in [0.3, 0.4) is 0 Å². The molecule has 1 N–H and O–H groups in total. The Hall–Kier alpha value is -0.550. The van der Waals surface area contributed by atoms with Gasteiger partial charge in [0.2, 0.25) is 0 Å². The van der Waals surface area contributed by atoms with Crippen molar-refractivity contribution >= 4 is 11.3 Å². The number of rotatable bonds is 4. The Morgan fingerprint density at radius 2 is 2.31 bits per heavy atom. The molecule has 0 aromatic carbocycles. The highest BCUT2D eigenvalue weighted by molar-refractivity contribution is 7.09. The number of hydrogen-bond donors (Lipinski definition) is 1. The van der Waals surface area contributed by atoms with Crippen LogP contribution in [0.25, 0.3) is 0 Å². The van der Waals surface area contributed by atoms with E-state index in [1.165, 1.54) is 18.3 Å². The Bertz CT molecular complexity index is 262. The number of hydrogen-bond acceptors (Lipinski definition) is 3. The molecule has 0 aliphatic carbocycles. The summed E-state index contributed by atoms with van der Waals surface area (Å²) in [5, 5.41) is 2.75. The van der Waals surface area contributed by atoms with Crippen LogP contribution in [0.1, 0.15) is 17.5 Å². The van der Waals surface area contributed by atoms with E-state index in [0.29, 0.717) is 6.54 Å². The Labute approximate surface area is 80.0 Å². The first-order valence-electron chi connectivity index (χ1n) is 4.01. The van der Waals surface area contributed by atoms with Gasteiger partial charge in [-0.3, -0.25) is 0 Å². The van der Waals surface area contributed by atoms with E-state index in [1.54, 1.807) is 5.51 Å². The van der Waals surface area contributed by atoms with Crippen LogP contribution in [0.15, 0.2) is 5.51 Å². The van der Waals surface area contributed by atoms with E-state index in [2.05, 4.69) is 10.3 Å². The highest BCUT2D eigenvalue weighted by atomic mass is 32.1. The first-order valence-corrected chi connectivity index (χ1v) is 4.89. The first-order chi connectivity index (χ1) is 6.11. The van der Waals surface area contributed by atoms with Crippen molar-refractivity contribution in [3.63, 3.8) is 0 Å². The minimum absolute atomic E-state index is 0.474. The Kier molecular flexibility index (Phi) is 3.74. The third-order valence-electron chi connectivity index (χ3n) is 1.81. The van der Waals surface area contributed by atoms with Gasteiger partial charge >= 0.3 is 0 Å². The lowest BCUT2D eigenvalue weighted by molar-refractivity contribution is 0.105. The maximum absolute atomic E-state index is 12.1. The lowest BCUT2D eigenvalue weighted by Crippen LogP contribution is -2.31. The van der Waals surface area contributed by atoms with Crippen molar-refractivity contribution in [2.45, 2.75) is 32.9 Å². The third-order valence-corrected chi connectivity index (χ3v) is 2.74. The van der Waals surface area contributed by atoms with E-state index in [1.807, 2.05) is 6.92 Å². The summed E-state index contributed by atoms with van der Waals surface area (Å²) in [6, 6.07) is -0.763. The Morgan fingerprint density at radius 1 is 1.62 bits per heavy atom. The van der Waals surface area contributed by atoms with Crippen molar-refractivity contribution in [3.05, 3.63) is 16.1 Å². The fourth-order valence-electron chi connectivity index (χ4n) is 0.839. The average Bonchev–Trinajstić information content (AvgIpc) is 2.47. The zero-order valence-electron chi connectivity index (χ0n) is 7.55. The predicted molar refractivity (Wildman–Crippen MR) is 49.2 cm³/mol. The second-order valence-corrected chi connectivity index (χ2v) is 3.80. The lowest BCUT2D eigenvalue weighted by Gasteiger charge is -2.11. The molecule has 0 aliphatic rings. The van der Waals surface area contributed by atoms with Crippen molar-refractivity contribution in [1.82, 2.24) is 10.3 Å². The highest BCUT2D eigenvalue weighted by Crippen LogP contribution is 2.12. The predicted octanol–water partition coefficient (Wildman–Crippen LogP) is 2.19. The van der Waals surface area contributed by atoms with Gasteiger partial charge in [-0.2, -0.15) is 0 Å². The van der Waals surface area contributed by atoms with Gasteiger partial charge in [0.05, 0.1) is 17.2 Å². The summed E-state index contributed by atoms with van der Waals surface area (Å²) >= 11 is 1.48. The fourth-order valence-corrected chi connectivity index (χ4v) is 1.57. The molecule has 0 aliphatic heterocycles. The summed E-state index contributed by atoms with van der Waals surface area (Å²) < 4.78 is 24.2. The summed E-state index contributed by atoms with van der Waals surface area (Å²) in [4.78, 5) is 5.05. The fraction of sp³-hybridized carbons (Fsp3) is 0.625. The lowest BCUT2D eigenvalue weighted by atomic mass is 10.3. The van der Waals surface area contributed by atoms with Crippen molar-refractivity contribution < 1.29 is 8.78 Å². The van der Waals surface area contributed by atoms with Crippen LogP contribution in [-0.4, -0.2) is 17.5 Å². The summed E-state index contributed by atoms with van der Waals surface area (Å²) in [5.41, 5.74) is 2.64. The normalized spacial score (nSPS) is 13.6. The molecule has 1 aromatic heterocycles. The molecule has 74 valence electrons. The molecule has 0 radical (unpaired) electrons. The molecule has 0 saturated heterocycles. The third kappa shape index (κ3) is 3.00. The standard InChI is InChI=1S/C8H12F2N2S/c1-5-7(13-4-12-5)3-11-6(2)8(9)10/h4,6,8,11H,3H2,1-2H3. The summed E-state index contributed by atoms with van der Waals surface area (Å²) in [5.74, 6) is 0. The van der Waals surface area contributed by atoms with E-state index in [-0.39, 0.29) is 0 Å². The van der Waals surface area contributed by atoms with E-state index in [9.17, 15) is 8.78 Å². The van der Waals surface area contributed by atoms with Crippen molar-refractivity contribution in [2.75, 3.05) is 0 Å². The molecule has 0 spiro atoms. The number of nitrogens with one attached hydrogen (secondary N) is 1. The van der Waals surface area contributed by atoms with Crippen LogP contribution in [0.4, 0.5) is 8.78 Å². The van der Waals surface area contributed by atoms with Crippen LogP contribution >= 0.6 is 11.3 Å². The van der Waals surface area contributed by atoms with Crippen molar-refractivity contribution in [2.24, 2.45) is 0 Å². The monoisotopic (exact) mass is 206 g/mol. The molecular weight excluding hydrogens is 194 g/mol. The average molecular weight is 206 g/mol. The summed E-state index contributed by atoms with van der Waals surface area (Å²) in [7, 11) is 0. The van der Waals surface area contributed by atoms with Gasteiger partial charge < -0.3 is 5.32 Å². The molecule has 13 heavy (non-hydrogen) atoms. The number of alkyl halides is 2. The molecule has 5 heteroatoms. The molecule has 1 heterocycles. The van der Waals surface area contributed by atoms with Crippen LogP contribution in [0, 0.1) is 6.92 Å². The topological polar surface area (TPSA) is 24.9 Å². The van der Waals surface area contributed by atoms with Crippen LogP contribution in [0.5, 0.6) is 0 Å². The number of halogens is 2. The molecule has 0 bridgehead atoms. The van der Waals surface area contributed by atoms with Gasteiger partial charge in [-0.05, 0) is 13.8 Å². The number of thiazole rings is 1. The van der Waals surface area contributed by atoms with Gasteiger partial charge in [-0.15, -0.1) is 11.3 Å². The van der Waals surface area contributed by atoms with Gasteiger partial charge in [-0.25, -0.2) is 13.8 Å². The number of aryl methyl sites for hydroxylation is 1. The molecule has 1 rings (SSSR count). The molecule has 1 atom stereocenters. The van der Waals surface area contributed by atoms with E-state index < -0.39 is 12.5 Å². The molecule has 1 aromatic rings.